The van der Waals surface area contributed by atoms with Crippen molar-refractivity contribution in [2.24, 2.45) is 11.8 Å². The van der Waals surface area contributed by atoms with Crippen molar-refractivity contribution in [2.45, 2.75) is 26.2 Å². The average molecular weight is 307 g/mol. The molecule has 0 aliphatic carbocycles. The predicted octanol–water partition coefficient (Wildman–Crippen LogP) is 3.96. The third-order valence-electron chi connectivity index (χ3n) is 4.80. The topological polar surface area (TPSA) is 20.3 Å². The first-order valence-corrected chi connectivity index (χ1v) is 8.63. The molecule has 120 valence electrons. The molecule has 0 saturated carbocycles. The van der Waals surface area contributed by atoms with Gasteiger partial charge >= 0.3 is 0 Å². The molecule has 1 aliphatic heterocycles. The molecule has 0 aromatic heterocycles. The molecule has 2 aromatic carbocycles. The summed E-state index contributed by atoms with van der Waals surface area (Å²) in [5.41, 5.74) is 2.63. The zero-order valence-corrected chi connectivity index (χ0v) is 13.8. The SMILES string of the molecule is CCC(Cc1ccccc1)C(=O)N1CC(Cc2ccccc2)C1. The van der Waals surface area contributed by atoms with E-state index in [1.54, 1.807) is 0 Å². The van der Waals surface area contributed by atoms with E-state index in [0.29, 0.717) is 11.8 Å². The van der Waals surface area contributed by atoms with Crippen molar-refractivity contribution in [3.05, 3.63) is 71.8 Å². The van der Waals surface area contributed by atoms with Crippen molar-refractivity contribution in [3.8, 4) is 0 Å². The lowest BCUT2D eigenvalue weighted by Crippen LogP contribution is -2.52. The first-order chi connectivity index (χ1) is 11.3. The Bertz CT molecular complexity index is 617. The van der Waals surface area contributed by atoms with Crippen molar-refractivity contribution in [3.63, 3.8) is 0 Å². The Morgan fingerprint density at radius 3 is 2.13 bits per heavy atom. The quantitative estimate of drug-likeness (QED) is 0.791. The Kier molecular flexibility index (Phi) is 5.12. The van der Waals surface area contributed by atoms with Crippen LogP contribution in [0.1, 0.15) is 24.5 Å². The summed E-state index contributed by atoms with van der Waals surface area (Å²) in [7, 11) is 0. The summed E-state index contributed by atoms with van der Waals surface area (Å²) in [5, 5.41) is 0. The van der Waals surface area contributed by atoms with Crippen molar-refractivity contribution < 1.29 is 4.79 Å². The Balaban J connectivity index is 1.51. The van der Waals surface area contributed by atoms with Gasteiger partial charge in [-0.25, -0.2) is 0 Å². The molecule has 1 fully saturated rings. The summed E-state index contributed by atoms with van der Waals surface area (Å²) in [6, 6.07) is 20.9. The smallest absolute Gasteiger partial charge is 0.226 e. The highest BCUT2D eigenvalue weighted by atomic mass is 16.2. The van der Waals surface area contributed by atoms with E-state index in [0.717, 1.165) is 32.4 Å². The Morgan fingerprint density at radius 1 is 1.00 bits per heavy atom. The molecule has 1 heterocycles. The van der Waals surface area contributed by atoms with E-state index in [1.165, 1.54) is 11.1 Å². The zero-order valence-electron chi connectivity index (χ0n) is 13.8. The summed E-state index contributed by atoms with van der Waals surface area (Å²) in [5.74, 6) is 1.08. The maximum Gasteiger partial charge on any atom is 0.226 e. The molecule has 1 unspecified atom stereocenters. The Hall–Kier alpha value is -2.09. The standard InChI is InChI=1S/C21H25NO/c1-2-20(14-18-11-7-4-8-12-18)21(23)22-15-19(16-22)13-17-9-5-3-6-10-17/h3-12,19-20H,2,13-16H2,1H3. The average Bonchev–Trinajstić information content (AvgIpc) is 2.57. The van der Waals surface area contributed by atoms with E-state index in [9.17, 15) is 4.79 Å². The minimum absolute atomic E-state index is 0.120. The van der Waals surface area contributed by atoms with Crippen LogP contribution in [0.5, 0.6) is 0 Å². The van der Waals surface area contributed by atoms with Crippen molar-refractivity contribution in [2.75, 3.05) is 13.1 Å². The third kappa shape index (κ3) is 4.01. The van der Waals surface area contributed by atoms with Gasteiger partial charge in [-0.3, -0.25) is 4.79 Å². The molecule has 3 rings (SSSR count). The van der Waals surface area contributed by atoms with Crippen LogP contribution in [0.3, 0.4) is 0 Å². The van der Waals surface area contributed by atoms with E-state index in [-0.39, 0.29) is 5.92 Å². The maximum absolute atomic E-state index is 12.7. The van der Waals surface area contributed by atoms with Crippen LogP contribution in [-0.4, -0.2) is 23.9 Å². The molecule has 0 bridgehead atoms. The normalized spacial score (nSPS) is 16.0. The molecule has 0 spiro atoms. The second-order valence-corrected chi connectivity index (χ2v) is 6.59. The molecule has 23 heavy (non-hydrogen) atoms. The fourth-order valence-electron chi connectivity index (χ4n) is 3.39. The van der Waals surface area contributed by atoms with Crippen molar-refractivity contribution in [1.29, 1.82) is 0 Å². The second kappa shape index (κ2) is 7.45. The van der Waals surface area contributed by atoms with Gasteiger partial charge in [-0.2, -0.15) is 0 Å². The monoisotopic (exact) mass is 307 g/mol. The Labute approximate surface area is 139 Å². The number of benzene rings is 2. The van der Waals surface area contributed by atoms with Gasteiger partial charge in [0.15, 0.2) is 0 Å². The van der Waals surface area contributed by atoms with E-state index < -0.39 is 0 Å². The fraction of sp³-hybridized carbons (Fsp3) is 0.381. The molecule has 2 aromatic rings. The summed E-state index contributed by atoms with van der Waals surface area (Å²) in [4.78, 5) is 14.7. The zero-order chi connectivity index (χ0) is 16.1. The lowest BCUT2D eigenvalue weighted by atomic mass is 9.89. The number of carbonyl (C=O) groups excluding carboxylic acids is 1. The fourth-order valence-corrected chi connectivity index (χ4v) is 3.39. The number of hydrogen-bond acceptors (Lipinski definition) is 1. The van der Waals surface area contributed by atoms with Crippen LogP contribution in [0.25, 0.3) is 0 Å². The molecular weight excluding hydrogens is 282 g/mol. The highest BCUT2D eigenvalue weighted by Crippen LogP contribution is 2.24. The van der Waals surface area contributed by atoms with Crippen molar-refractivity contribution in [1.82, 2.24) is 4.90 Å². The molecular formula is C21H25NO. The van der Waals surface area contributed by atoms with Gasteiger partial charge in [0, 0.05) is 19.0 Å². The van der Waals surface area contributed by atoms with Crippen LogP contribution in [-0.2, 0) is 17.6 Å². The molecule has 1 amide bonds. The molecule has 2 nitrogen and oxygen atoms in total. The van der Waals surface area contributed by atoms with Crippen LogP contribution >= 0.6 is 0 Å². The van der Waals surface area contributed by atoms with E-state index >= 15 is 0 Å². The van der Waals surface area contributed by atoms with E-state index in [2.05, 4.69) is 49.4 Å². The summed E-state index contributed by atoms with van der Waals surface area (Å²) < 4.78 is 0. The summed E-state index contributed by atoms with van der Waals surface area (Å²) >= 11 is 0. The molecule has 0 radical (unpaired) electrons. The summed E-state index contributed by atoms with van der Waals surface area (Å²) in [6.07, 6.45) is 2.85. The van der Waals surface area contributed by atoms with Crippen LogP contribution in [0, 0.1) is 11.8 Å². The second-order valence-electron chi connectivity index (χ2n) is 6.59. The van der Waals surface area contributed by atoms with E-state index in [1.807, 2.05) is 23.1 Å². The number of nitrogens with zero attached hydrogens (tertiary/aromatic N) is 1. The molecule has 1 atom stereocenters. The Morgan fingerprint density at radius 2 is 1.57 bits per heavy atom. The van der Waals surface area contributed by atoms with Gasteiger partial charge in [0.1, 0.15) is 0 Å². The first kappa shape index (κ1) is 15.8. The molecule has 2 heteroatoms. The highest BCUT2D eigenvalue weighted by molar-refractivity contribution is 5.80. The van der Waals surface area contributed by atoms with Crippen LogP contribution in [0.4, 0.5) is 0 Å². The minimum atomic E-state index is 0.120. The highest BCUT2D eigenvalue weighted by Gasteiger charge is 2.33. The van der Waals surface area contributed by atoms with Gasteiger partial charge in [-0.15, -0.1) is 0 Å². The number of amides is 1. The van der Waals surface area contributed by atoms with Gasteiger partial charge in [0.05, 0.1) is 0 Å². The van der Waals surface area contributed by atoms with Crippen LogP contribution in [0.2, 0.25) is 0 Å². The largest absolute Gasteiger partial charge is 0.342 e. The van der Waals surface area contributed by atoms with Gasteiger partial charge in [-0.1, -0.05) is 67.6 Å². The van der Waals surface area contributed by atoms with Gasteiger partial charge < -0.3 is 4.90 Å². The van der Waals surface area contributed by atoms with E-state index in [4.69, 9.17) is 0 Å². The maximum atomic E-state index is 12.7. The van der Waals surface area contributed by atoms with Gasteiger partial charge in [-0.05, 0) is 36.3 Å². The lowest BCUT2D eigenvalue weighted by molar-refractivity contribution is -0.142. The van der Waals surface area contributed by atoms with Crippen LogP contribution < -0.4 is 0 Å². The van der Waals surface area contributed by atoms with Gasteiger partial charge in [0.2, 0.25) is 5.91 Å². The molecule has 0 N–H and O–H groups in total. The number of rotatable bonds is 6. The number of likely N-dealkylation sites (tertiary alicyclic amines) is 1. The lowest BCUT2D eigenvalue weighted by Gasteiger charge is -2.41. The number of hydrogen-bond donors (Lipinski definition) is 0. The predicted molar refractivity (Wildman–Crippen MR) is 94.1 cm³/mol. The third-order valence-corrected chi connectivity index (χ3v) is 4.80. The molecule has 1 saturated heterocycles. The first-order valence-electron chi connectivity index (χ1n) is 8.63. The minimum Gasteiger partial charge on any atom is -0.342 e. The molecule has 1 aliphatic rings. The van der Waals surface area contributed by atoms with Crippen molar-refractivity contribution >= 4 is 5.91 Å². The summed E-state index contributed by atoms with van der Waals surface area (Å²) in [6.45, 7) is 3.95. The van der Waals surface area contributed by atoms with Gasteiger partial charge in [0.25, 0.3) is 0 Å². The van der Waals surface area contributed by atoms with Crippen LogP contribution in [0.15, 0.2) is 60.7 Å². The number of carbonyl (C=O) groups is 1.